The van der Waals surface area contributed by atoms with Crippen molar-refractivity contribution in [3.8, 4) is 0 Å². The second-order valence-electron chi connectivity index (χ2n) is 6.92. The normalized spacial score (nSPS) is 21.3. The van der Waals surface area contributed by atoms with Crippen molar-refractivity contribution in [3.05, 3.63) is 95.2 Å². The number of nitrogens with two attached hydrogens (primary N) is 1. The molecular weight excluding hydrogens is 384 g/mol. The minimum absolute atomic E-state index is 0.217. The van der Waals surface area contributed by atoms with Crippen molar-refractivity contribution in [3.63, 3.8) is 0 Å². The topological polar surface area (TPSA) is 72.6 Å². The van der Waals surface area contributed by atoms with E-state index in [9.17, 15) is 9.59 Å². The third-order valence-electron chi connectivity index (χ3n) is 5.03. The van der Waals surface area contributed by atoms with E-state index in [2.05, 4.69) is 0 Å². The summed E-state index contributed by atoms with van der Waals surface area (Å²) in [6.07, 6.45) is 3.15. The summed E-state index contributed by atoms with van der Waals surface area (Å²) in [6, 6.07) is 18.6. The lowest BCUT2D eigenvalue weighted by Gasteiger charge is -2.48. The number of thioether (sulfide) groups is 1. The van der Waals surface area contributed by atoms with E-state index < -0.39 is 18.1 Å². The minimum Gasteiger partial charge on any atom is -0.448 e. The van der Waals surface area contributed by atoms with Gasteiger partial charge in [0.1, 0.15) is 17.1 Å². The Labute approximate surface area is 174 Å². The third kappa shape index (κ3) is 3.61. The van der Waals surface area contributed by atoms with E-state index in [1.54, 1.807) is 11.8 Å². The van der Waals surface area contributed by atoms with Crippen LogP contribution in [0, 0.1) is 0 Å². The van der Waals surface area contributed by atoms with E-state index in [1.165, 1.54) is 4.90 Å². The van der Waals surface area contributed by atoms with Gasteiger partial charge >= 0.3 is 5.97 Å². The quantitative estimate of drug-likeness (QED) is 0.609. The molecule has 0 aromatic heterocycles. The molecule has 0 saturated carbocycles. The molecular formula is C23H22N2O3S. The van der Waals surface area contributed by atoms with Crippen LogP contribution in [0.1, 0.15) is 24.2 Å². The number of amides is 1. The molecule has 0 radical (unpaired) electrons. The first-order chi connectivity index (χ1) is 14.1. The van der Waals surface area contributed by atoms with Crippen molar-refractivity contribution in [2.24, 2.45) is 5.73 Å². The van der Waals surface area contributed by atoms with Crippen LogP contribution >= 0.6 is 11.8 Å². The molecule has 0 unspecified atom stereocenters. The lowest BCUT2D eigenvalue weighted by molar-refractivity contribution is -0.153. The van der Waals surface area contributed by atoms with Crippen molar-refractivity contribution in [1.29, 1.82) is 0 Å². The molecule has 2 heterocycles. The lowest BCUT2D eigenvalue weighted by Crippen LogP contribution is -2.68. The summed E-state index contributed by atoms with van der Waals surface area (Å²) < 4.78 is 6.00. The zero-order valence-corrected chi connectivity index (χ0v) is 16.8. The number of hydrogen-bond acceptors (Lipinski definition) is 5. The Morgan fingerprint density at radius 1 is 1.14 bits per heavy atom. The summed E-state index contributed by atoms with van der Waals surface area (Å²) >= 11 is 1.57. The number of nitrogens with zero attached hydrogens (tertiary/aromatic N) is 1. The molecule has 1 saturated heterocycles. The van der Waals surface area contributed by atoms with E-state index in [-0.39, 0.29) is 11.3 Å². The molecule has 2 aliphatic heterocycles. The first-order valence-corrected chi connectivity index (χ1v) is 10.5. The maximum Gasteiger partial charge on any atom is 0.356 e. The number of β-lactam (4-membered cyclic amide) rings is 1. The second kappa shape index (κ2) is 8.27. The van der Waals surface area contributed by atoms with E-state index in [0.717, 1.165) is 16.7 Å². The van der Waals surface area contributed by atoms with Gasteiger partial charge in [-0.25, -0.2) is 4.79 Å². The highest BCUT2D eigenvalue weighted by Crippen LogP contribution is 2.41. The molecule has 2 N–H and O–H groups in total. The molecule has 4 rings (SSSR count). The van der Waals surface area contributed by atoms with Gasteiger partial charge in [-0.05, 0) is 23.6 Å². The van der Waals surface area contributed by atoms with E-state index in [1.807, 2.05) is 79.7 Å². The average molecular weight is 407 g/mol. The number of esters is 1. The minimum atomic E-state index is -0.575. The van der Waals surface area contributed by atoms with Crippen LogP contribution in [-0.2, 0) is 14.3 Å². The van der Waals surface area contributed by atoms with Crippen LogP contribution in [0.15, 0.2) is 84.1 Å². The Morgan fingerprint density at radius 3 is 2.28 bits per heavy atom. The van der Waals surface area contributed by atoms with Crippen LogP contribution in [0.3, 0.4) is 0 Å². The predicted octanol–water partition coefficient (Wildman–Crippen LogP) is 3.39. The van der Waals surface area contributed by atoms with Gasteiger partial charge in [0.25, 0.3) is 0 Å². The number of allylic oxidation sites excluding steroid dienone is 2. The Kier molecular flexibility index (Phi) is 5.56. The molecule has 0 bridgehead atoms. The molecule has 29 heavy (non-hydrogen) atoms. The average Bonchev–Trinajstić information content (AvgIpc) is 2.77. The van der Waals surface area contributed by atoms with Crippen molar-refractivity contribution in [1.82, 2.24) is 4.90 Å². The molecule has 5 nitrogen and oxygen atoms in total. The van der Waals surface area contributed by atoms with Gasteiger partial charge in [-0.2, -0.15) is 0 Å². The molecule has 1 fully saturated rings. The number of ether oxygens (including phenoxy) is 1. The van der Waals surface area contributed by atoms with Crippen LogP contribution < -0.4 is 5.73 Å². The molecule has 0 aliphatic carbocycles. The number of hydrogen-bond donors (Lipinski definition) is 1. The smallest absolute Gasteiger partial charge is 0.356 e. The predicted molar refractivity (Wildman–Crippen MR) is 114 cm³/mol. The van der Waals surface area contributed by atoms with Gasteiger partial charge in [0.05, 0.1) is 0 Å². The Bertz CT molecular complexity index is 933. The summed E-state index contributed by atoms with van der Waals surface area (Å²) in [6.45, 7) is 1.88. The standard InChI is InChI=1S/C23H22N2O3S/c1-2-9-17-14-29-22-18(24)21(26)25(22)19(17)23(27)28-20(15-10-5-3-6-11-15)16-12-7-4-8-13-16/h2-13,18,20,22H,14,24H2,1H3/b9-2-/t18-,22+/m0/s1. The number of fused-ring (bicyclic) bond motifs is 1. The van der Waals surface area contributed by atoms with Gasteiger partial charge in [0.15, 0.2) is 6.10 Å². The second-order valence-corrected chi connectivity index (χ2v) is 8.02. The van der Waals surface area contributed by atoms with E-state index in [0.29, 0.717) is 11.4 Å². The van der Waals surface area contributed by atoms with E-state index in [4.69, 9.17) is 10.5 Å². The van der Waals surface area contributed by atoms with Crippen LogP contribution in [0.2, 0.25) is 0 Å². The maximum atomic E-state index is 13.3. The Hall–Kier alpha value is -2.83. The fraction of sp³-hybridized carbons (Fsp3) is 0.217. The van der Waals surface area contributed by atoms with Crippen LogP contribution in [0.4, 0.5) is 0 Å². The largest absolute Gasteiger partial charge is 0.448 e. The van der Waals surface area contributed by atoms with Crippen molar-refractivity contribution < 1.29 is 14.3 Å². The number of carbonyl (C=O) groups is 2. The van der Waals surface area contributed by atoms with Crippen molar-refractivity contribution >= 4 is 23.6 Å². The summed E-state index contributed by atoms with van der Waals surface area (Å²) in [5.74, 6) is -0.147. The van der Waals surface area contributed by atoms with Gasteiger partial charge < -0.3 is 10.5 Å². The van der Waals surface area contributed by atoms with Crippen LogP contribution in [-0.4, -0.2) is 33.9 Å². The van der Waals surface area contributed by atoms with Crippen molar-refractivity contribution in [2.45, 2.75) is 24.4 Å². The molecule has 2 aromatic carbocycles. The highest BCUT2D eigenvalue weighted by Gasteiger charge is 2.52. The van der Waals surface area contributed by atoms with Crippen LogP contribution in [0.25, 0.3) is 0 Å². The van der Waals surface area contributed by atoms with Gasteiger partial charge in [-0.1, -0.05) is 72.8 Å². The lowest BCUT2D eigenvalue weighted by atomic mass is 10.0. The molecule has 2 atom stereocenters. The molecule has 2 aliphatic rings. The first-order valence-electron chi connectivity index (χ1n) is 9.48. The van der Waals surface area contributed by atoms with Crippen molar-refractivity contribution in [2.75, 3.05) is 5.75 Å². The first kappa shape index (κ1) is 19.5. The molecule has 148 valence electrons. The van der Waals surface area contributed by atoms with Gasteiger partial charge in [0.2, 0.25) is 5.91 Å². The number of benzene rings is 2. The van der Waals surface area contributed by atoms with Crippen LogP contribution in [0.5, 0.6) is 0 Å². The molecule has 0 spiro atoms. The van der Waals surface area contributed by atoms with Gasteiger partial charge in [-0.15, -0.1) is 11.8 Å². The fourth-order valence-corrected chi connectivity index (χ4v) is 4.87. The molecule has 6 heteroatoms. The number of carbonyl (C=O) groups excluding carboxylic acids is 2. The van der Waals surface area contributed by atoms with Gasteiger partial charge in [0, 0.05) is 5.75 Å². The number of rotatable bonds is 5. The summed E-state index contributed by atoms with van der Waals surface area (Å²) in [7, 11) is 0. The SMILES string of the molecule is C/C=C\C1=C(C(=O)OC(c2ccccc2)c2ccccc2)N2C(=O)[C@H](N)[C@H]2SC1. The summed E-state index contributed by atoms with van der Waals surface area (Å²) in [5.41, 5.74) is 8.75. The molecule has 2 aromatic rings. The molecule has 1 amide bonds. The zero-order chi connectivity index (χ0) is 20.4. The van der Waals surface area contributed by atoms with E-state index >= 15 is 0 Å². The third-order valence-corrected chi connectivity index (χ3v) is 6.35. The Balaban J connectivity index is 1.70. The highest BCUT2D eigenvalue weighted by atomic mass is 32.2. The maximum absolute atomic E-state index is 13.3. The summed E-state index contributed by atoms with van der Waals surface area (Å²) in [4.78, 5) is 27.2. The summed E-state index contributed by atoms with van der Waals surface area (Å²) in [5, 5.41) is -0.217. The highest BCUT2D eigenvalue weighted by molar-refractivity contribution is 8.00. The fourth-order valence-electron chi connectivity index (χ4n) is 3.61. The van der Waals surface area contributed by atoms with Gasteiger partial charge in [-0.3, -0.25) is 9.69 Å². The Morgan fingerprint density at radius 2 is 1.72 bits per heavy atom. The zero-order valence-electron chi connectivity index (χ0n) is 16.0. The monoisotopic (exact) mass is 406 g/mol.